The highest BCUT2D eigenvalue weighted by molar-refractivity contribution is 5.84. The van der Waals surface area contributed by atoms with Crippen molar-refractivity contribution in [1.29, 1.82) is 0 Å². The van der Waals surface area contributed by atoms with Crippen LogP contribution in [0.5, 0.6) is 0 Å². The van der Waals surface area contributed by atoms with Crippen LogP contribution in [0.3, 0.4) is 0 Å². The van der Waals surface area contributed by atoms with Crippen molar-refractivity contribution in [2.45, 2.75) is 19.3 Å². The van der Waals surface area contributed by atoms with E-state index < -0.39 is 0 Å². The lowest BCUT2D eigenvalue weighted by Gasteiger charge is -2.28. The van der Waals surface area contributed by atoms with Gasteiger partial charge in [0.15, 0.2) is 0 Å². The number of carbonyl (C=O) groups excluding carboxylic acids is 1. The Bertz CT molecular complexity index is 169. The zero-order chi connectivity index (χ0) is 6.27. The normalized spacial score (nSPS) is 39.8. The number of carbonyl (C=O) groups is 1. The molecular weight excluding hydrogens is 112 g/mol. The zero-order valence-electron chi connectivity index (χ0n) is 5.34. The minimum Gasteiger partial charge on any atom is -0.299 e. The van der Waals surface area contributed by atoms with Crippen LogP contribution in [0.25, 0.3) is 0 Å². The smallest absolute Gasteiger partial charge is 0.140 e. The molecule has 2 bridgehead atoms. The second-order valence-electron chi connectivity index (χ2n) is 3.00. The van der Waals surface area contributed by atoms with Crippen LogP contribution in [0.4, 0.5) is 0 Å². The maximum atomic E-state index is 11.0. The molecule has 1 nitrogen and oxygen atoms in total. The maximum absolute atomic E-state index is 11.0. The molecular formula is C8H10O. The SMILES string of the molecule is O=C1CC2C=C[C@@H]1CC2. The van der Waals surface area contributed by atoms with Gasteiger partial charge in [-0.25, -0.2) is 0 Å². The number of allylic oxidation sites excluding steroid dienone is 2. The molecule has 2 atom stereocenters. The first-order valence-electron chi connectivity index (χ1n) is 3.57. The van der Waals surface area contributed by atoms with Crippen molar-refractivity contribution >= 4 is 5.78 Å². The maximum Gasteiger partial charge on any atom is 0.140 e. The van der Waals surface area contributed by atoms with Crippen LogP contribution in [-0.2, 0) is 4.79 Å². The quantitative estimate of drug-likeness (QED) is 0.445. The fraction of sp³-hybridized carbons (Fsp3) is 0.625. The van der Waals surface area contributed by atoms with Gasteiger partial charge in [0.2, 0.25) is 0 Å². The van der Waals surface area contributed by atoms with Crippen LogP contribution in [0.1, 0.15) is 19.3 Å². The Labute approximate surface area is 54.8 Å². The summed E-state index contributed by atoms with van der Waals surface area (Å²) in [6.45, 7) is 0. The number of fused-ring (bicyclic) bond motifs is 2. The van der Waals surface area contributed by atoms with Gasteiger partial charge < -0.3 is 0 Å². The summed E-state index contributed by atoms with van der Waals surface area (Å²) in [5.74, 6) is 1.37. The fourth-order valence-electron chi connectivity index (χ4n) is 1.73. The minimum absolute atomic E-state index is 0.301. The van der Waals surface area contributed by atoms with E-state index in [1.54, 1.807) is 0 Å². The summed E-state index contributed by atoms with van der Waals surface area (Å²) >= 11 is 0. The molecule has 0 radical (unpaired) electrons. The number of hydrogen-bond acceptors (Lipinski definition) is 1. The van der Waals surface area contributed by atoms with Crippen molar-refractivity contribution in [2.24, 2.45) is 11.8 Å². The molecule has 1 heteroatoms. The Hall–Kier alpha value is -0.590. The fourth-order valence-corrected chi connectivity index (χ4v) is 1.73. The van der Waals surface area contributed by atoms with Gasteiger partial charge >= 0.3 is 0 Å². The predicted molar refractivity (Wildman–Crippen MR) is 35.0 cm³/mol. The number of hydrogen-bond donors (Lipinski definition) is 0. The summed E-state index contributed by atoms with van der Waals surface area (Å²) in [5.41, 5.74) is 0. The van der Waals surface area contributed by atoms with Crippen molar-refractivity contribution in [1.82, 2.24) is 0 Å². The average Bonchev–Trinajstić information content (AvgIpc) is 1.90. The monoisotopic (exact) mass is 122 g/mol. The third-order valence-electron chi connectivity index (χ3n) is 2.34. The third-order valence-corrected chi connectivity index (χ3v) is 2.34. The molecule has 1 unspecified atom stereocenters. The second kappa shape index (κ2) is 1.69. The number of ketones is 1. The summed E-state index contributed by atoms with van der Waals surface area (Å²) in [7, 11) is 0. The summed E-state index contributed by atoms with van der Waals surface area (Å²) < 4.78 is 0. The van der Waals surface area contributed by atoms with Crippen LogP contribution < -0.4 is 0 Å². The molecule has 0 amide bonds. The first kappa shape index (κ1) is 5.21. The highest BCUT2D eigenvalue weighted by Gasteiger charge is 2.29. The summed E-state index contributed by atoms with van der Waals surface area (Å²) in [5, 5.41) is 0. The highest BCUT2D eigenvalue weighted by Crippen LogP contribution is 2.32. The van der Waals surface area contributed by atoms with Crippen LogP contribution in [-0.4, -0.2) is 5.78 Å². The Kier molecular flexibility index (Phi) is 0.981. The van der Waals surface area contributed by atoms with Crippen LogP contribution >= 0.6 is 0 Å². The van der Waals surface area contributed by atoms with Gasteiger partial charge in [-0.3, -0.25) is 4.79 Å². The van der Waals surface area contributed by atoms with E-state index >= 15 is 0 Å². The van der Waals surface area contributed by atoms with Gasteiger partial charge in [0, 0.05) is 12.3 Å². The van der Waals surface area contributed by atoms with E-state index in [2.05, 4.69) is 12.2 Å². The molecule has 3 aliphatic rings. The summed E-state index contributed by atoms with van der Waals surface area (Å²) in [4.78, 5) is 11.0. The standard InChI is InChI=1S/C8H10O/c9-8-5-6-1-3-7(8)4-2-6/h1,3,6-7H,2,4-5H2/t6?,7-/m1/s1. The van der Waals surface area contributed by atoms with Gasteiger partial charge in [-0.15, -0.1) is 0 Å². The Morgan fingerprint density at radius 3 is 2.44 bits per heavy atom. The predicted octanol–water partition coefficient (Wildman–Crippen LogP) is 1.54. The second-order valence-corrected chi connectivity index (χ2v) is 3.00. The zero-order valence-corrected chi connectivity index (χ0v) is 5.34. The van der Waals surface area contributed by atoms with Crippen molar-refractivity contribution in [3.8, 4) is 0 Å². The Balaban J connectivity index is 2.29. The molecule has 0 aromatic heterocycles. The van der Waals surface area contributed by atoms with E-state index in [1.165, 1.54) is 6.42 Å². The van der Waals surface area contributed by atoms with E-state index in [0.29, 0.717) is 17.6 Å². The molecule has 9 heavy (non-hydrogen) atoms. The van der Waals surface area contributed by atoms with Crippen molar-refractivity contribution in [3.05, 3.63) is 12.2 Å². The molecule has 3 rings (SSSR count). The molecule has 0 N–H and O–H groups in total. The highest BCUT2D eigenvalue weighted by atomic mass is 16.1. The van der Waals surface area contributed by atoms with E-state index in [4.69, 9.17) is 0 Å². The van der Waals surface area contributed by atoms with Crippen molar-refractivity contribution in [2.75, 3.05) is 0 Å². The largest absolute Gasteiger partial charge is 0.299 e. The van der Waals surface area contributed by atoms with E-state index in [1.807, 2.05) is 0 Å². The molecule has 1 fully saturated rings. The van der Waals surface area contributed by atoms with Crippen molar-refractivity contribution in [3.63, 3.8) is 0 Å². The topological polar surface area (TPSA) is 17.1 Å². The van der Waals surface area contributed by atoms with Gasteiger partial charge in [0.1, 0.15) is 5.78 Å². The number of rotatable bonds is 0. The molecule has 0 heterocycles. The van der Waals surface area contributed by atoms with Crippen LogP contribution in [0.2, 0.25) is 0 Å². The lowest BCUT2D eigenvalue weighted by Crippen LogP contribution is -2.26. The first-order chi connectivity index (χ1) is 4.36. The minimum atomic E-state index is 0.301. The van der Waals surface area contributed by atoms with Crippen LogP contribution in [0.15, 0.2) is 12.2 Å². The lowest BCUT2D eigenvalue weighted by atomic mass is 9.75. The Morgan fingerprint density at radius 1 is 1.33 bits per heavy atom. The van der Waals surface area contributed by atoms with Gasteiger partial charge in [-0.1, -0.05) is 12.2 Å². The van der Waals surface area contributed by atoms with Gasteiger partial charge in [-0.05, 0) is 18.8 Å². The van der Waals surface area contributed by atoms with Crippen LogP contribution in [0, 0.1) is 11.8 Å². The Morgan fingerprint density at radius 2 is 2.22 bits per heavy atom. The molecule has 0 aromatic carbocycles. The molecule has 3 aliphatic carbocycles. The molecule has 1 saturated carbocycles. The van der Waals surface area contributed by atoms with Gasteiger partial charge in [-0.2, -0.15) is 0 Å². The number of Topliss-reactive ketones (excluding diaryl/α,β-unsaturated/α-hetero) is 1. The summed E-state index contributed by atoms with van der Waals surface area (Å²) in [6.07, 6.45) is 7.46. The van der Waals surface area contributed by atoms with Gasteiger partial charge in [0.25, 0.3) is 0 Å². The molecule has 0 aliphatic heterocycles. The molecule has 0 aromatic rings. The lowest BCUT2D eigenvalue weighted by molar-refractivity contribution is -0.124. The third kappa shape index (κ3) is 0.716. The molecule has 0 saturated heterocycles. The first-order valence-corrected chi connectivity index (χ1v) is 3.57. The van der Waals surface area contributed by atoms with Crippen molar-refractivity contribution < 1.29 is 4.79 Å². The van der Waals surface area contributed by atoms with E-state index in [0.717, 1.165) is 12.8 Å². The van der Waals surface area contributed by atoms with E-state index in [-0.39, 0.29) is 0 Å². The molecule has 48 valence electrons. The molecule has 0 spiro atoms. The van der Waals surface area contributed by atoms with E-state index in [9.17, 15) is 4.79 Å². The van der Waals surface area contributed by atoms with Gasteiger partial charge in [0.05, 0.1) is 0 Å². The summed E-state index contributed by atoms with van der Waals surface area (Å²) in [6, 6.07) is 0. The average molecular weight is 122 g/mol.